The first-order valence-electron chi connectivity index (χ1n) is 6.42. The van der Waals surface area contributed by atoms with Crippen molar-refractivity contribution in [1.82, 2.24) is 4.90 Å². The van der Waals surface area contributed by atoms with Gasteiger partial charge in [0.25, 0.3) is 0 Å². The van der Waals surface area contributed by atoms with Gasteiger partial charge >= 0.3 is 0 Å². The maximum atomic E-state index is 12.9. The lowest BCUT2D eigenvalue weighted by molar-refractivity contribution is 0.143. The van der Waals surface area contributed by atoms with Gasteiger partial charge in [-0.15, -0.1) is 0 Å². The standard InChI is InChI=1S/C15H20FNO/c1-11(2)9-17-8-7-14(15(18)10-17)12-3-5-13(16)6-4-12/h3-7,11,15,18H,8-10H2,1-2H3/t15-/m1/s1. The molecular formula is C15H20FNO. The minimum atomic E-state index is -0.483. The van der Waals surface area contributed by atoms with E-state index in [0.717, 1.165) is 24.2 Å². The summed E-state index contributed by atoms with van der Waals surface area (Å²) in [5.74, 6) is 0.351. The van der Waals surface area contributed by atoms with Crippen LogP contribution in [0.2, 0.25) is 0 Å². The number of hydrogen-bond acceptors (Lipinski definition) is 2. The molecule has 0 amide bonds. The summed E-state index contributed by atoms with van der Waals surface area (Å²) in [5, 5.41) is 10.2. The highest BCUT2D eigenvalue weighted by molar-refractivity contribution is 5.69. The van der Waals surface area contributed by atoms with E-state index in [2.05, 4.69) is 18.7 Å². The van der Waals surface area contributed by atoms with Crippen molar-refractivity contribution in [1.29, 1.82) is 0 Å². The molecule has 0 unspecified atom stereocenters. The SMILES string of the molecule is CC(C)CN1CC=C(c2ccc(F)cc2)[C@H](O)C1. The van der Waals surface area contributed by atoms with Crippen LogP contribution < -0.4 is 0 Å². The number of rotatable bonds is 3. The van der Waals surface area contributed by atoms with E-state index in [1.807, 2.05) is 6.08 Å². The summed E-state index contributed by atoms with van der Waals surface area (Å²) in [7, 11) is 0. The van der Waals surface area contributed by atoms with Crippen molar-refractivity contribution >= 4 is 5.57 Å². The van der Waals surface area contributed by atoms with Gasteiger partial charge in [0.2, 0.25) is 0 Å². The van der Waals surface area contributed by atoms with Crippen LogP contribution in [0.5, 0.6) is 0 Å². The molecular weight excluding hydrogens is 229 g/mol. The van der Waals surface area contributed by atoms with Gasteiger partial charge in [-0.3, -0.25) is 4.90 Å². The fourth-order valence-corrected chi connectivity index (χ4v) is 2.40. The van der Waals surface area contributed by atoms with Crippen LogP contribution in [0.3, 0.4) is 0 Å². The predicted molar refractivity (Wildman–Crippen MR) is 71.7 cm³/mol. The molecule has 0 bridgehead atoms. The Bertz CT molecular complexity index is 425. The van der Waals surface area contributed by atoms with Crippen LogP contribution in [0.15, 0.2) is 30.3 Å². The molecule has 0 saturated heterocycles. The number of halogens is 1. The largest absolute Gasteiger partial charge is 0.387 e. The Morgan fingerprint density at radius 1 is 1.33 bits per heavy atom. The second-order valence-electron chi connectivity index (χ2n) is 5.29. The summed E-state index contributed by atoms with van der Waals surface area (Å²) in [6.07, 6.45) is 1.56. The predicted octanol–water partition coefficient (Wildman–Crippen LogP) is 2.54. The normalized spacial score (nSPS) is 21.2. The van der Waals surface area contributed by atoms with Crippen LogP contribution >= 0.6 is 0 Å². The lowest BCUT2D eigenvalue weighted by Gasteiger charge is -2.31. The van der Waals surface area contributed by atoms with Gasteiger partial charge < -0.3 is 5.11 Å². The Hall–Kier alpha value is -1.19. The number of nitrogens with zero attached hydrogens (tertiary/aromatic N) is 1. The molecule has 98 valence electrons. The molecule has 1 aliphatic rings. The lowest BCUT2D eigenvalue weighted by atomic mass is 9.96. The monoisotopic (exact) mass is 249 g/mol. The van der Waals surface area contributed by atoms with E-state index in [1.54, 1.807) is 12.1 Å². The zero-order valence-corrected chi connectivity index (χ0v) is 10.9. The molecule has 1 heterocycles. The van der Waals surface area contributed by atoms with Crippen LogP contribution in [0.1, 0.15) is 19.4 Å². The minimum absolute atomic E-state index is 0.244. The molecule has 18 heavy (non-hydrogen) atoms. The fourth-order valence-electron chi connectivity index (χ4n) is 2.40. The van der Waals surface area contributed by atoms with Gasteiger partial charge in [-0.25, -0.2) is 4.39 Å². The number of aliphatic hydroxyl groups excluding tert-OH is 1. The lowest BCUT2D eigenvalue weighted by Crippen LogP contribution is -2.39. The summed E-state index contributed by atoms with van der Waals surface area (Å²) in [5.41, 5.74) is 1.82. The highest BCUT2D eigenvalue weighted by Crippen LogP contribution is 2.23. The highest BCUT2D eigenvalue weighted by atomic mass is 19.1. The quantitative estimate of drug-likeness (QED) is 0.890. The fraction of sp³-hybridized carbons (Fsp3) is 0.467. The molecule has 1 aliphatic heterocycles. The van der Waals surface area contributed by atoms with Gasteiger partial charge in [0.1, 0.15) is 5.82 Å². The summed E-state index contributed by atoms with van der Waals surface area (Å²) >= 11 is 0. The van der Waals surface area contributed by atoms with Crippen LogP contribution in [0.4, 0.5) is 4.39 Å². The van der Waals surface area contributed by atoms with Gasteiger partial charge in [0.05, 0.1) is 6.10 Å². The van der Waals surface area contributed by atoms with E-state index in [0.29, 0.717) is 12.5 Å². The van der Waals surface area contributed by atoms with Crippen LogP contribution in [0, 0.1) is 11.7 Å². The second kappa shape index (κ2) is 5.63. The first-order chi connectivity index (χ1) is 8.56. The van der Waals surface area contributed by atoms with Crippen molar-refractivity contribution in [3.63, 3.8) is 0 Å². The molecule has 0 radical (unpaired) electrons. The Balaban J connectivity index is 2.11. The third-order valence-corrected chi connectivity index (χ3v) is 3.16. The Labute approximate surface area is 108 Å². The van der Waals surface area contributed by atoms with Crippen molar-refractivity contribution in [3.05, 3.63) is 41.7 Å². The first kappa shape index (κ1) is 13.2. The highest BCUT2D eigenvalue weighted by Gasteiger charge is 2.21. The second-order valence-corrected chi connectivity index (χ2v) is 5.29. The third kappa shape index (κ3) is 3.18. The Kier molecular flexibility index (Phi) is 4.15. The molecule has 0 aromatic heterocycles. The molecule has 1 N–H and O–H groups in total. The number of benzene rings is 1. The summed E-state index contributed by atoms with van der Waals surface area (Å²) < 4.78 is 12.9. The van der Waals surface area contributed by atoms with Crippen LogP contribution in [-0.4, -0.2) is 35.7 Å². The summed E-state index contributed by atoms with van der Waals surface area (Å²) in [6.45, 7) is 6.84. The average Bonchev–Trinajstić information content (AvgIpc) is 2.30. The van der Waals surface area contributed by atoms with Crippen LogP contribution in [-0.2, 0) is 0 Å². The number of β-amino-alcohol motifs (C(OH)–C–C–N with tert-alkyl or cyclic N) is 1. The molecule has 2 nitrogen and oxygen atoms in total. The summed E-state index contributed by atoms with van der Waals surface area (Å²) in [4.78, 5) is 2.24. The zero-order chi connectivity index (χ0) is 13.1. The number of aliphatic hydroxyl groups is 1. The molecule has 0 saturated carbocycles. The van der Waals surface area contributed by atoms with Gasteiger partial charge in [0.15, 0.2) is 0 Å². The molecule has 3 heteroatoms. The molecule has 1 aromatic carbocycles. The zero-order valence-electron chi connectivity index (χ0n) is 10.9. The molecule has 0 aliphatic carbocycles. The van der Waals surface area contributed by atoms with E-state index >= 15 is 0 Å². The molecule has 1 atom stereocenters. The van der Waals surface area contributed by atoms with Crippen molar-refractivity contribution in [2.24, 2.45) is 5.92 Å². The summed E-state index contributed by atoms with van der Waals surface area (Å²) in [6, 6.07) is 6.32. The van der Waals surface area contributed by atoms with Crippen molar-refractivity contribution in [2.45, 2.75) is 20.0 Å². The Morgan fingerprint density at radius 3 is 2.56 bits per heavy atom. The third-order valence-electron chi connectivity index (χ3n) is 3.16. The first-order valence-corrected chi connectivity index (χ1v) is 6.42. The minimum Gasteiger partial charge on any atom is -0.387 e. The van der Waals surface area contributed by atoms with Crippen LogP contribution in [0.25, 0.3) is 5.57 Å². The van der Waals surface area contributed by atoms with Crippen molar-refractivity contribution in [2.75, 3.05) is 19.6 Å². The van der Waals surface area contributed by atoms with Gasteiger partial charge in [-0.05, 0) is 29.2 Å². The maximum absolute atomic E-state index is 12.9. The maximum Gasteiger partial charge on any atom is 0.123 e. The van der Waals surface area contributed by atoms with Gasteiger partial charge in [0, 0.05) is 19.6 Å². The molecule has 0 spiro atoms. The van der Waals surface area contributed by atoms with E-state index < -0.39 is 6.10 Å². The van der Waals surface area contributed by atoms with E-state index in [9.17, 15) is 9.50 Å². The number of hydrogen-bond donors (Lipinski definition) is 1. The van der Waals surface area contributed by atoms with E-state index in [1.165, 1.54) is 12.1 Å². The Morgan fingerprint density at radius 2 is 2.00 bits per heavy atom. The van der Waals surface area contributed by atoms with Gasteiger partial charge in [-0.1, -0.05) is 32.1 Å². The van der Waals surface area contributed by atoms with E-state index in [4.69, 9.17) is 0 Å². The van der Waals surface area contributed by atoms with Gasteiger partial charge in [-0.2, -0.15) is 0 Å². The average molecular weight is 249 g/mol. The van der Waals surface area contributed by atoms with Crippen molar-refractivity contribution < 1.29 is 9.50 Å². The molecule has 1 aromatic rings. The molecule has 0 fully saturated rings. The topological polar surface area (TPSA) is 23.5 Å². The molecule has 2 rings (SSSR count). The van der Waals surface area contributed by atoms with Crippen molar-refractivity contribution in [3.8, 4) is 0 Å². The van der Waals surface area contributed by atoms with E-state index in [-0.39, 0.29) is 5.82 Å². The smallest absolute Gasteiger partial charge is 0.123 e.